The molecule has 0 radical (unpaired) electrons. The van der Waals surface area contributed by atoms with Crippen LogP contribution >= 0.6 is 11.3 Å². The molecule has 1 aliphatic heterocycles. The first-order chi connectivity index (χ1) is 8.99. The van der Waals surface area contributed by atoms with Crippen LogP contribution in [-0.4, -0.2) is 36.0 Å². The summed E-state index contributed by atoms with van der Waals surface area (Å²) in [6.07, 6.45) is 0.0436. The van der Waals surface area contributed by atoms with Gasteiger partial charge in [0.25, 0.3) is 0 Å². The van der Waals surface area contributed by atoms with Crippen molar-refractivity contribution in [3.05, 3.63) is 22.4 Å². The minimum atomic E-state index is -0.145. The molecule has 106 valence electrons. The number of hydrogen-bond acceptors (Lipinski definition) is 4. The molecule has 0 spiro atoms. The Bertz CT molecular complexity index is 419. The van der Waals surface area contributed by atoms with Gasteiger partial charge in [0.2, 0.25) is 5.91 Å². The van der Waals surface area contributed by atoms with Gasteiger partial charge in [0.1, 0.15) is 6.10 Å². The second-order valence-corrected chi connectivity index (χ2v) is 6.16. The summed E-state index contributed by atoms with van der Waals surface area (Å²) in [7, 11) is 0. The lowest BCUT2D eigenvalue weighted by Gasteiger charge is -2.38. The minimum absolute atomic E-state index is 0.0146. The van der Waals surface area contributed by atoms with E-state index in [1.165, 1.54) is 0 Å². The summed E-state index contributed by atoms with van der Waals surface area (Å²) in [6.45, 7) is 7.05. The van der Waals surface area contributed by atoms with Crippen molar-refractivity contribution in [1.29, 1.82) is 0 Å². The molecule has 5 heteroatoms. The first-order valence-electron chi connectivity index (χ1n) is 6.71. The van der Waals surface area contributed by atoms with Gasteiger partial charge >= 0.3 is 0 Å². The number of ether oxygens (including phenoxy) is 1. The lowest BCUT2D eigenvalue weighted by Crippen LogP contribution is -2.50. The molecule has 1 aromatic heterocycles. The first kappa shape index (κ1) is 14.5. The average Bonchev–Trinajstić information content (AvgIpc) is 2.90. The SMILES string of the molecule is CC1CN(C(=O)C(C)C(C)N)CC(c2ccsc2)O1. The number of nitrogens with zero attached hydrogens (tertiary/aromatic N) is 1. The molecule has 0 aromatic carbocycles. The highest BCUT2D eigenvalue weighted by atomic mass is 32.1. The number of thiophene rings is 1. The molecule has 4 atom stereocenters. The quantitative estimate of drug-likeness (QED) is 0.923. The molecule has 19 heavy (non-hydrogen) atoms. The fraction of sp³-hybridized carbons (Fsp3) is 0.643. The summed E-state index contributed by atoms with van der Waals surface area (Å²) >= 11 is 1.65. The molecule has 2 N–H and O–H groups in total. The standard InChI is InChI=1S/C14H22N2O2S/c1-9-6-16(14(17)10(2)11(3)15)7-13(18-9)12-4-5-19-8-12/h4-5,8-11,13H,6-7,15H2,1-3H3. The van der Waals surface area contributed by atoms with Crippen molar-refractivity contribution in [3.63, 3.8) is 0 Å². The molecule has 0 bridgehead atoms. The van der Waals surface area contributed by atoms with Crippen molar-refractivity contribution >= 4 is 17.2 Å². The molecular weight excluding hydrogens is 260 g/mol. The molecule has 1 amide bonds. The van der Waals surface area contributed by atoms with Crippen LogP contribution < -0.4 is 5.73 Å². The second kappa shape index (κ2) is 6.03. The van der Waals surface area contributed by atoms with E-state index in [4.69, 9.17) is 10.5 Å². The molecule has 2 rings (SSSR count). The van der Waals surface area contributed by atoms with Crippen molar-refractivity contribution in [3.8, 4) is 0 Å². The summed E-state index contributed by atoms with van der Waals surface area (Å²) in [6, 6.07) is 1.94. The van der Waals surface area contributed by atoms with E-state index in [9.17, 15) is 4.79 Å². The van der Waals surface area contributed by atoms with Gasteiger partial charge in [-0.05, 0) is 36.2 Å². The Morgan fingerprint density at radius 3 is 2.84 bits per heavy atom. The van der Waals surface area contributed by atoms with E-state index < -0.39 is 0 Å². The smallest absolute Gasteiger partial charge is 0.227 e. The van der Waals surface area contributed by atoms with Gasteiger partial charge in [-0.2, -0.15) is 11.3 Å². The predicted octanol–water partition coefficient (Wildman–Crippen LogP) is 2.02. The minimum Gasteiger partial charge on any atom is -0.367 e. The first-order valence-corrected chi connectivity index (χ1v) is 7.65. The Morgan fingerprint density at radius 2 is 2.26 bits per heavy atom. The monoisotopic (exact) mass is 282 g/mol. The van der Waals surface area contributed by atoms with Crippen LogP contribution in [0.15, 0.2) is 16.8 Å². The number of amides is 1. The molecule has 1 saturated heterocycles. The van der Waals surface area contributed by atoms with Crippen molar-refractivity contribution in [1.82, 2.24) is 4.90 Å². The lowest BCUT2D eigenvalue weighted by atomic mass is 10.0. The molecule has 4 nitrogen and oxygen atoms in total. The zero-order chi connectivity index (χ0) is 14.0. The second-order valence-electron chi connectivity index (χ2n) is 5.38. The molecule has 4 unspecified atom stereocenters. The normalized spacial score (nSPS) is 27.1. The molecule has 0 saturated carbocycles. The van der Waals surface area contributed by atoms with Crippen LogP contribution in [0.3, 0.4) is 0 Å². The third-order valence-corrected chi connectivity index (χ3v) is 4.37. The number of carbonyl (C=O) groups is 1. The zero-order valence-electron chi connectivity index (χ0n) is 11.7. The Morgan fingerprint density at radius 1 is 1.53 bits per heavy atom. The van der Waals surface area contributed by atoms with Gasteiger partial charge in [-0.3, -0.25) is 4.79 Å². The third-order valence-electron chi connectivity index (χ3n) is 3.67. The number of morpholine rings is 1. The van der Waals surface area contributed by atoms with Gasteiger partial charge in [0, 0.05) is 12.6 Å². The summed E-state index contributed by atoms with van der Waals surface area (Å²) < 4.78 is 5.93. The average molecular weight is 282 g/mol. The third kappa shape index (κ3) is 3.35. The maximum Gasteiger partial charge on any atom is 0.227 e. The Labute approximate surface area is 118 Å². The van der Waals surface area contributed by atoms with E-state index in [0.29, 0.717) is 13.1 Å². The molecule has 0 aliphatic carbocycles. The fourth-order valence-corrected chi connectivity index (χ4v) is 2.99. The van der Waals surface area contributed by atoms with Crippen LogP contribution in [0.5, 0.6) is 0 Å². The highest BCUT2D eigenvalue weighted by Crippen LogP contribution is 2.27. The van der Waals surface area contributed by atoms with Crippen LogP contribution in [-0.2, 0) is 9.53 Å². The number of hydrogen-bond donors (Lipinski definition) is 1. The highest BCUT2D eigenvalue weighted by molar-refractivity contribution is 7.07. The highest BCUT2D eigenvalue weighted by Gasteiger charge is 2.32. The molecule has 2 heterocycles. The molecule has 1 aromatic rings. The molecule has 1 fully saturated rings. The van der Waals surface area contributed by atoms with Crippen LogP contribution in [0.1, 0.15) is 32.4 Å². The van der Waals surface area contributed by atoms with Gasteiger partial charge in [-0.1, -0.05) is 6.92 Å². The number of nitrogens with two attached hydrogens (primary N) is 1. The van der Waals surface area contributed by atoms with Crippen molar-refractivity contribution < 1.29 is 9.53 Å². The maximum atomic E-state index is 12.4. The molecular formula is C14H22N2O2S. The van der Waals surface area contributed by atoms with Crippen LogP contribution in [0.25, 0.3) is 0 Å². The largest absolute Gasteiger partial charge is 0.367 e. The number of carbonyl (C=O) groups excluding carboxylic acids is 1. The zero-order valence-corrected chi connectivity index (χ0v) is 12.5. The summed E-state index contributed by atoms with van der Waals surface area (Å²) in [5.41, 5.74) is 6.99. The van der Waals surface area contributed by atoms with Gasteiger partial charge in [-0.15, -0.1) is 0 Å². The summed E-state index contributed by atoms with van der Waals surface area (Å²) in [5, 5.41) is 4.12. The lowest BCUT2D eigenvalue weighted by molar-refractivity contribution is -0.149. The fourth-order valence-electron chi connectivity index (χ4n) is 2.29. The van der Waals surface area contributed by atoms with E-state index in [2.05, 4.69) is 11.4 Å². The Balaban J connectivity index is 2.08. The van der Waals surface area contributed by atoms with E-state index in [1.807, 2.05) is 31.1 Å². The van der Waals surface area contributed by atoms with Gasteiger partial charge in [-0.25, -0.2) is 0 Å². The van der Waals surface area contributed by atoms with E-state index in [-0.39, 0.29) is 30.1 Å². The van der Waals surface area contributed by atoms with Crippen molar-refractivity contribution in [2.75, 3.05) is 13.1 Å². The van der Waals surface area contributed by atoms with E-state index >= 15 is 0 Å². The Hall–Kier alpha value is -0.910. The van der Waals surface area contributed by atoms with Gasteiger partial charge in [0.05, 0.1) is 18.6 Å². The van der Waals surface area contributed by atoms with Gasteiger partial charge < -0.3 is 15.4 Å². The maximum absolute atomic E-state index is 12.4. The Kier molecular flexibility index (Phi) is 4.60. The predicted molar refractivity (Wildman–Crippen MR) is 77.0 cm³/mol. The topological polar surface area (TPSA) is 55.6 Å². The summed E-state index contributed by atoms with van der Waals surface area (Å²) in [4.78, 5) is 14.3. The summed E-state index contributed by atoms with van der Waals surface area (Å²) in [5.74, 6) is -0.0150. The van der Waals surface area contributed by atoms with E-state index in [1.54, 1.807) is 11.3 Å². The van der Waals surface area contributed by atoms with Crippen molar-refractivity contribution in [2.24, 2.45) is 11.7 Å². The molecule has 1 aliphatic rings. The van der Waals surface area contributed by atoms with Crippen molar-refractivity contribution in [2.45, 2.75) is 39.0 Å². The van der Waals surface area contributed by atoms with Crippen LogP contribution in [0.4, 0.5) is 0 Å². The van der Waals surface area contributed by atoms with E-state index in [0.717, 1.165) is 5.56 Å². The van der Waals surface area contributed by atoms with Gasteiger partial charge in [0.15, 0.2) is 0 Å². The van der Waals surface area contributed by atoms with Crippen LogP contribution in [0, 0.1) is 5.92 Å². The van der Waals surface area contributed by atoms with Crippen LogP contribution in [0.2, 0.25) is 0 Å². The number of rotatable bonds is 3.